The molecular weight excluding hydrogens is 620 g/mol. The van der Waals surface area contributed by atoms with Crippen molar-refractivity contribution in [2.45, 2.75) is 51.2 Å². The summed E-state index contributed by atoms with van der Waals surface area (Å²) in [5.41, 5.74) is 2.90. The number of piperidine rings is 1. The topological polar surface area (TPSA) is 72.9 Å². The van der Waals surface area contributed by atoms with E-state index < -0.39 is 23.3 Å². The van der Waals surface area contributed by atoms with Crippen molar-refractivity contribution in [3.8, 4) is 0 Å². The van der Waals surface area contributed by atoms with E-state index in [4.69, 9.17) is 0 Å². The van der Waals surface area contributed by atoms with E-state index in [1.807, 2.05) is 104 Å². The quantitative estimate of drug-likeness (QED) is 0.221. The van der Waals surface area contributed by atoms with E-state index in [0.717, 1.165) is 22.9 Å². The highest BCUT2D eigenvalue weighted by atomic mass is 19.1. The van der Waals surface area contributed by atoms with Crippen LogP contribution in [0.4, 0.5) is 20.2 Å². The lowest BCUT2D eigenvalue weighted by Gasteiger charge is -2.43. The van der Waals surface area contributed by atoms with Gasteiger partial charge in [0.1, 0.15) is 17.2 Å². The Kier molecular flexibility index (Phi) is 8.61. The van der Waals surface area contributed by atoms with Crippen LogP contribution in [-0.2, 0) is 15.2 Å². The minimum absolute atomic E-state index is 0.110. The summed E-state index contributed by atoms with van der Waals surface area (Å²) in [7, 11) is 0. The standard InChI is InChI=1S/C41H41F2N3O3/c1-40(2)24-34-38(36(47)25-40)39(27-21-31(42)23-32(43)22-27)46(35-16-10-9-15-33(35)44-34)26-37(48)45-19-17-30(18-20-45)41(49,28-11-5-3-6-12-28)29-13-7-4-8-14-29/h3-16,21-23,30,39,44,49H,17-20,24-26H2,1-2H3. The van der Waals surface area contributed by atoms with Crippen LogP contribution in [0.5, 0.6) is 0 Å². The molecule has 2 aliphatic heterocycles. The van der Waals surface area contributed by atoms with Crippen molar-refractivity contribution < 1.29 is 23.5 Å². The number of nitrogens with one attached hydrogen (secondary N) is 1. The number of amides is 1. The molecular formula is C41H41F2N3O3. The van der Waals surface area contributed by atoms with Crippen LogP contribution in [0.3, 0.4) is 0 Å². The average molecular weight is 662 g/mol. The molecule has 2 heterocycles. The maximum atomic E-state index is 14.8. The molecule has 1 amide bonds. The van der Waals surface area contributed by atoms with Gasteiger partial charge in [-0.25, -0.2) is 8.78 Å². The predicted molar refractivity (Wildman–Crippen MR) is 187 cm³/mol. The van der Waals surface area contributed by atoms with Crippen molar-refractivity contribution in [2.75, 3.05) is 29.9 Å². The van der Waals surface area contributed by atoms with Crippen molar-refractivity contribution in [1.29, 1.82) is 0 Å². The van der Waals surface area contributed by atoms with E-state index in [0.29, 0.717) is 49.3 Å². The number of likely N-dealkylation sites (tertiary alicyclic amines) is 1. The molecule has 2 N–H and O–H groups in total. The minimum atomic E-state index is -1.22. The van der Waals surface area contributed by atoms with E-state index >= 15 is 0 Å². The molecule has 0 radical (unpaired) electrons. The van der Waals surface area contributed by atoms with E-state index in [-0.39, 0.29) is 41.6 Å². The number of aliphatic hydroxyl groups is 1. The van der Waals surface area contributed by atoms with Crippen LogP contribution < -0.4 is 10.2 Å². The first-order chi connectivity index (χ1) is 23.5. The number of fused-ring (bicyclic) bond motifs is 1. The van der Waals surface area contributed by atoms with Crippen LogP contribution in [0, 0.1) is 23.0 Å². The number of para-hydroxylation sites is 2. The van der Waals surface area contributed by atoms with Crippen LogP contribution in [-0.4, -0.2) is 41.3 Å². The molecule has 0 bridgehead atoms. The highest BCUT2D eigenvalue weighted by Crippen LogP contribution is 2.49. The average Bonchev–Trinajstić information content (AvgIpc) is 3.22. The van der Waals surface area contributed by atoms with Gasteiger partial charge in [-0.2, -0.15) is 0 Å². The van der Waals surface area contributed by atoms with E-state index in [2.05, 4.69) is 5.32 Å². The zero-order valence-corrected chi connectivity index (χ0v) is 27.8. The number of ketones is 1. The summed E-state index contributed by atoms with van der Waals surface area (Å²) < 4.78 is 29.6. The molecule has 0 aromatic heterocycles. The number of carbonyl (C=O) groups is 2. The number of Topliss-reactive ketones (excluding diaryl/α,β-unsaturated/α-hetero) is 1. The SMILES string of the molecule is CC1(C)CC(=O)C2=C(C1)Nc1ccccc1N(CC(=O)N1CCC(C(O)(c3ccccc3)c3ccccc3)CC1)C2c1cc(F)cc(F)c1. The van der Waals surface area contributed by atoms with Gasteiger partial charge in [-0.3, -0.25) is 9.59 Å². The third-order valence-corrected chi connectivity index (χ3v) is 10.4. The van der Waals surface area contributed by atoms with Gasteiger partial charge >= 0.3 is 0 Å². The molecule has 0 spiro atoms. The molecule has 1 aliphatic carbocycles. The van der Waals surface area contributed by atoms with Crippen LogP contribution in [0.25, 0.3) is 0 Å². The third-order valence-electron chi connectivity index (χ3n) is 10.4. The van der Waals surface area contributed by atoms with Crippen molar-refractivity contribution in [2.24, 2.45) is 11.3 Å². The Morgan fingerprint density at radius 3 is 2.04 bits per heavy atom. The molecule has 0 saturated carbocycles. The van der Waals surface area contributed by atoms with Gasteiger partial charge in [0.25, 0.3) is 0 Å². The fourth-order valence-electron chi connectivity index (χ4n) is 8.12. The number of hydrogen-bond donors (Lipinski definition) is 2. The Balaban J connectivity index is 1.22. The number of carbonyl (C=O) groups excluding carboxylic acids is 2. The monoisotopic (exact) mass is 661 g/mol. The Hall–Kier alpha value is -4.82. The number of anilines is 2. The number of hydrogen-bond acceptors (Lipinski definition) is 5. The molecule has 49 heavy (non-hydrogen) atoms. The summed E-state index contributed by atoms with van der Waals surface area (Å²) in [6.07, 6.45) is 1.99. The normalized spacial score (nSPS) is 19.5. The third kappa shape index (κ3) is 6.26. The molecule has 1 fully saturated rings. The van der Waals surface area contributed by atoms with Gasteiger partial charge in [-0.1, -0.05) is 86.6 Å². The van der Waals surface area contributed by atoms with E-state index in [1.54, 1.807) is 4.90 Å². The highest BCUT2D eigenvalue weighted by Gasteiger charge is 2.44. The Morgan fingerprint density at radius 2 is 1.43 bits per heavy atom. The molecule has 1 atom stereocenters. The summed E-state index contributed by atoms with van der Waals surface area (Å²) >= 11 is 0. The first kappa shape index (κ1) is 32.7. The van der Waals surface area contributed by atoms with Gasteiger partial charge in [-0.05, 0) is 71.6 Å². The van der Waals surface area contributed by atoms with Gasteiger partial charge in [0.05, 0.1) is 24.0 Å². The number of nitrogens with zero attached hydrogens (tertiary/aromatic N) is 2. The molecule has 252 valence electrons. The van der Waals surface area contributed by atoms with Crippen molar-refractivity contribution in [3.63, 3.8) is 0 Å². The minimum Gasteiger partial charge on any atom is -0.380 e. The predicted octanol–water partition coefficient (Wildman–Crippen LogP) is 7.76. The van der Waals surface area contributed by atoms with E-state index in [9.17, 15) is 23.5 Å². The summed E-state index contributed by atoms with van der Waals surface area (Å²) in [6, 6.07) is 29.3. The summed E-state index contributed by atoms with van der Waals surface area (Å²) in [5.74, 6) is -1.90. The molecule has 6 nitrogen and oxygen atoms in total. The lowest BCUT2D eigenvalue weighted by atomic mass is 9.72. The molecule has 8 heteroatoms. The summed E-state index contributed by atoms with van der Waals surface area (Å²) in [5, 5.41) is 15.9. The molecule has 1 unspecified atom stereocenters. The van der Waals surface area contributed by atoms with E-state index in [1.165, 1.54) is 12.1 Å². The number of allylic oxidation sites excluding steroid dienone is 1. The molecule has 4 aromatic rings. The Morgan fingerprint density at radius 1 is 0.857 bits per heavy atom. The van der Waals surface area contributed by atoms with Crippen LogP contribution in [0.1, 0.15) is 62.3 Å². The van der Waals surface area contributed by atoms with Crippen molar-refractivity contribution in [3.05, 3.63) is 143 Å². The maximum absolute atomic E-state index is 14.8. The highest BCUT2D eigenvalue weighted by molar-refractivity contribution is 6.02. The largest absolute Gasteiger partial charge is 0.380 e. The van der Waals surface area contributed by atoms with Gasteiger partial charge in [0, 0.05) is 36.8 Å². The summed E-state index contributed by atoms with van der Waals surface area (Å²) in [4.78, 5) is 31.9. The van der Waals surface area contributed by atoms with Crippen LogP contribution in [0.15, 0.2) is 114 Å². The van der Waals surface area contributed by atoms with Gasteiger partial charge < -0.3 is 20.2 Å². The number of benzene rings is 4. The smallest absolute Gasteiger partial charge is 0.242 e. The zero-order valence-electron chi connectivity index (χ0n) is 27.8. The second-order valence-electron chi connectivity index (χ2n) is 14.4. The first-order valence-corrected chi connectivity index (χ1v) is 17.0. The maximum Gasteiger partial charge on any atom is 0.242 e. The fourth-order valence-corrected chi connectivity index (χ4v) is 8.12. The molecule has 7 rings (SSSR count). The van der Waals surface area contributed by atoms with Gasteiger partial charge in [0.2, 0.25) is 5.91 Å². The van der Waals surface area contributed by atoms with Gasteiger partial charge in [0.15, 0.2) is 5.78 Å². The lowest BCUT2D eigenvalue weighted by Crippen LogP contribution is -2.49. The summed E-state index contributed by atoms with van der Waals surface area (Å²) in [6.45, 7) is 4.82. The van der Waals surface area contributed by atoms with Crippen molar-refractivity contribution >= 4 is 23.1 Å². The number of halogens is 2. The van der Waals surface area contributed by atoms with Crippen molar-refractivity contribution in [1.82, 2.24) is 4.90 Å². The Bertz CT molecular complexity index is 1840. The fraction of sp³-hybridized carbons (Fsp3) is 0.317. The first-order valence-electron chi connectivity index (χ1n) is 17.0. The molecule has 4 aromatic carbocycles. The second kappa shape index (κ2) is 12.9. The second-order valence-corrected chi connectivity index (χ2v) is 14.4. The zero-order chi connectivity index (χ0) is 34.3. The van der Waals surface area contributed by atoms with Crippen LogP contribution >= 0.6 is 0 Å². The van der Waals surface area contributed by atoms with Crippen LogP contribution in [0.2, 0.25) is 0 Å². The van der Waals surface area contributed by atoms with Gasteiger partial charge in [-0.15, -0.1) is 0 Å². The molecule has 3 aliphatic rings. The lowest BCUT2D eigenvalue weighted by molar-refractivity contribution is -0.132. The molecule has 1 saturated heterocycles. The number of rotatable bonds is 6. The Labute approximate surface area is 286 Å².